The van der Waals surface area contributed by atoms with Crippen LogP contribution in [0.3, 0.4) is 0 Å². The average Bonchev–Trinajstić information content (AvgIpc) is 3.69. The molecule has 0 atom stereocenters. The molecule has 6 rings (SSSR count). The van der Waals surface area contributed by atoms with Crippen molar-refractivity contribution in [2.24, 2.45) is 7.05 Å². The molecule has 1 fully saturated rings. The van der Waals surface area contributed by atoms with Crippen LogP contribution in [0.1, 0.15) is 50.0 Å². The number of carbonyl (C=O) groups is 2. The van der Waals surface area contributed by atoms with Gasteiger partial charge in [-0.1, -0.05) is 19.1 Å². The van der Waals surface area contributed by atoms with Gasteiger partial charge in [-0.15, -0.1) is 0 Å². The molecule has 1 saturated heterocycles. The number of carbonyl (C=O) groups excluding carboxylic acids is 2. The zero-order valence-corrected chi connectivity index (χ0v) is 23.4. The van der Waals surface area contributed by atoms with Crippen molar-refractivity contribution in [1.29, 1.82) is 0 Å². The normalized spacial score (nSPS) is 14.3. The Morgan fingerprint density at radius 3 is 2.66 bits per heavy atom. The van der Waals surface area contributed by atoms with Crippen molar-refractivity contribution < 1.29 is 18.4 Å². The average molecular weight is 558 g/mol. The van der Waals surface area contributed by atoms with Crippen LogP contribution in [0.4, 0.5) is 4.39 Å². The molecule has 0 radical (unpaired) electrons. The van der Waals surface area contributed by atoms with Crippen LogP contribution in [0.5, 0.6) is 0 Å². The first-order valence-corrected chi connectivity index (χ1v) is 13.9. The number of rotatable bonds is 7. The minimum atomic E-state index is -0.349. The van der Waals surface area contributed by atoms with Gasteiger partial charge in [-0.3, -0.25) is 19.0 Å². The molecule has 0 spiro atoms. The Morgan fingerprint density at radius 1 is 1.12 bits per heavy atom. The molecule has 2 aromatic carbocycles. The molecule has 2 amide bonds. The smallest absolute Gasteiger partial charge is 0.242 e. The summed E-state index contributed by atoms with van der Waals surface area (Å²) in [5.74, 6) is 0.732. The van der Waals surface area contributed by atoms with Crippen LogP contribution in [0.25, 0.3) is 32.9 Å². The van der Waals surface area contributed by atoms with Gasteiger partial charge in [-0.2, -0.15) is 10.2 Å². The van der Waals surface area contributed by atoms with Crippen molar-refractivity contribution >= 4 is 33.6 Å². The molecule has 4 heterocycles. The molecule has 0 bridgehead atoms. The van der Waals surface area contributed by atoms with Gasteiger partial charge in [0, 0.05) is 55.7 Å². The number of aromatic nitrogens is 5. The monoisotopic (exact) mass is 557 g/mol. The third-order valence-electron chi connectivity index (χ3n) is 7.94. The molecule has 0 saturated carbocycles. The highest BCUT2D eigenvalue weighted by atomic mass is 19.1. The third kappa shape index (κ3) is 5.07. The van der Waals surface area contributed by atoms with Crippen LogP contribution >= 0.6 is 0 Å². The Bertz CT molecular complexity index is 1760. The van der Waals surface area contributed by atoms with E-state index in [-0.39, 0.29) is 36.6 Å². The summed E-state index contributed by atoms with van der Waals surface area (Å²) < 4.78 is 24.6. The van der Waals surface area contributed by atoms with Crippen LogP contribution in [0.15, 0.2) is 47.1 Å². The molecule has 5 aromatic rings. The van der Waals surface area contributed by atoms with Gasteiger partial charge in [0.1, 0.15) is 18.1 Å². The number of hydrogen-bond acceptors (Lipinski definition) is 6. The molecule has 1 N–H and O–H groups in total. The summed E-state index contributed by atoms with van der Waals surface area (Å²) >= 11 is 0. The van der Waals surface area contributed by atoms with Crippen molar-refractivity contribution in [3.63, 3.8) is 0 Å². The maximum atomic E-state index is 15.6. The number of benzene rings is 2. The van der Waals surface area contributed by atoms with E-state index in [9.17, 15) is 9.59 Å². The van der Waals surface area contributed by atoms with Crippen LogP contribution in [0, 0.1) is 5.82 Å². The first-order chi connectivity index (χ1) is 19.8. The summed E-state index contributed by atoms with van der Waals surface area (Å²) in [6.45, 7) is 4.97. The fraction of sp³-hybridized carbons (Fsp3) is 0.367. The Labute approximate surface area is 236 Å². The second kappa shape index (κ2) is 10.8. The van der Waals surface area contributed by atoms with Gasteiger partial charge in [-0.05, 0) is 36.6 Å². The molecule has 1 aliphatic heterocycles. The number of halogens is 1. The molecular weight excluding hydrogens is 525 g/mol. The Balaban J connectivity index is 1.39. The van der Waals surface area contributed by atoms with E-state index in [1.165, 1.54) is 6.07 Å². The van der Waals surface area contributed by atoms with Gasteiger partial charge < -0.3 is 14.6 Å². The predicted molar refractivity (Wildman–Crippen MR) is 151 cm³/mol. The zero-order valence-electron chi connectivity index (χ0n) is 23.4. The molecule has 1 aliphatic rings. The zero-order chi connectivity index (χ0) is 28.7. The van der Waals surface area contributed by atoms with Gasteiger partial charge >= 0.3 is 0 Å². The quantitative estimate of drug-likeness (QED) is 0.319. The van der Waals surface area contributed by atoms with E-state index in [2.05, 4.69) is 15.4 Å². The number of oxazole rings is 1. The molecule has 10 nitrogen and oxygen atoms in total. The lowest BCUT2D eigenvalue weighted by Gasteiger charge is -2.30. The second-order valence-electron chi connectivity index (χ2n) is 10.5. The fourth-order valence-electron chi connectivity index (χ4n) is 5.69. The Morgan fingerprint density at radius 2 is 1.93 bits per heavy atom. The lowest BCUT2D eigenvalue weighted by Crippen LogP contribution is -2.36. The number of fused-ring (bicyclic) bond motifs is 2. The van der Waals surface area contributed by atoms with Crippen molar-refractivity contribution in [2.75, 3.05) is 13.1 Å². The first kappa shape index (κ1) is 26.7. The van der Waals surface area contributed by atoms with E-state index in [0.29, 0.717) is 30.1 Å². The summed E-state index contributed by atoms with van der Waals surface area (Å²) in [6, 6.07) is 9.00. The minimum Gasteiger partial charge on any atom is -0.444 e. The molecule has 41 heavy (non-hydrogen) atoms. The molecule has 212 valence electrons. The number of nitrogens with one attached hydrogen (secondary N) is 1. The van der Waals surface area contributed by atoms with Crippen molar-refractivity contribution in [3.8, 4) is 11.1 Å². The van der Waals surface area contributed by atoms with E-state index in [4.69, 9.17) is 9.52 Å². The van der Waals surface area contributed by atoms with Gasteiger partial charge in [0.05, 0.1) is 35.7 Å². The lowest BCUT2D eigenvalue weighted by atomic mass is 9.89. The number of aryl methyl sites for hydroxylation is 2. The summed E-state index contributed by atoms with van der Waals surface area (Å²) in [6.07, 6.45) is 5.51. The topological polar surface area (TPSA) is 111 Å². The Hall–Kier alpha value is -4.54. The Kier molecular flexibility index (Phi) is 7.02. The van der Waals surface area contributed by atoms with Gasteiger partial charge in [0.25, 0.3) is 0 Å². The second-order valence-corrected chi connectivity index (χ2v) is 10.5. The SMILES string of the molecule is CCc1cnc(CNC(=O)Cn2nc(C3CCN(C(C)=O)CC3)c3c(-c4cc5c(cnn5C)cc4F)cccc32)o1. The van der Waals surface area contributed by atoms with Crippen LogP contribution in [0.2, 0.25) is 0 Å². The van der Waals surface area contributed by atoms with E-state index in [1.54, 1.807) is 28.7 Å². The molecule has 0 aliphatic carbocycles. The minimum absolute atomic E-state index is 0.0170. The van der Waals surface area contributed by atoms with Crippen molar-refractivity contribution in [1.82, 2.24) is 34.8 Å². The van der Waals surface area contributed by atoms with E-state index in [0.717, 1.165) is 52.5 Å². The maximum Gasteiger partial charge on any atom is 0.242 e. The van der Waals surface area contributed by atoms with E-state index >= 15 is 4.39 Å². The van der Waals surface area contributed by atoms with Crippen LogP contribution < -0.4 is 5.32 Å². The number of nitrogens with zero attached hydrogens (tertiary/aromatic N) is 6. The van der Waals surface area contributed by atoms with Crippen molar-refractivity contribution in [2.45, 2.75) is 52.1 Å². The number of amides is 2. The van der Waals surface area contributed by atoms with Gasteiger partial charge in [0.15, 0.2) is 0 Å². The van der Waals surface area contributed by atoms with Crippen LogP contribution in [-0.4, -0.2) is 54.3 Å². The first-order valence-electron chi connectivity index (χ1n) is 13.9. The summed E-state index contributed by atoms with van der Waals surface area (Å²) in [5, 5.41) is 13.6. The highest BCUT2D eigenvalue weighted by Crippen LogP contribution is 2.39. The predicted octanol–water partition coefficient (Wildman–Crippen LogP) is 4.32. The number of piperidine rings is 1. The highest BCUT2D eigenvalue weighted by Gasteiger charge is 2.28. The number of likely N-dealkylation sites (tertiary alicyclic amines) is 1. The largest absolute Gasteiger partial charge is 0.444 e. The third-order valence-corrected chi connectivity index (χ3v) is 7.94. The molecule has 11 heteroatoms. The summed E-state index contributed by atoms with van der Waals surface area (Å²) in [5.41, 5.74) is 3.55. The lowest BCUT2D eigenvalue weighted by molar-refractivity contribution is -0.129. The molecule has 3 aromatic heterocycles. The summed E-state index contributed by atoms with van der Waals surface area (Å²) in [4.78, 5) is 31.0. The van der Waals surface area contributed by atoms with E-state index in [1.807, 2.05) is 43.1 Å². The van der Waals surface area contributed by atoms with Crippen LogP contribution in [-0.2, 0) is 36.1 Å². The number of hydrogen-bond donors (Lipinski definition) is 1. The molecule has 0 unspecified atom stereocenters. The highest BCUT2D eigenvalue weighted by molar-refractivity contribution is 5.99. The standard InChI is InChI=1S/C30H32FN7O3/c1-4-21-15-33-28(41-21)16-32-27(40)17-38-25-7-5-6-22(23-13-26-20(12-24(23)31)14-34-36(26)3)29(25)30(35-38)19-8-10-37(11-9-19)18(2)39/h5-7,12-15,19H,4,8-11,16-17H2,1-3H3,(H,32,40). The maximum absolute atomic E-state index is 15.6. The summed E-state index contributed by atoms with van der Waals surface area (Å²) in [7, 11) is 1.83. The van der Waals surface area contributed by atoms with Gasteiger partial charge in [0.2, 0.25) is 17.7 Å². The van der Waals surface area contributed by atoms with E-state index < -0.39 is 0 Å². The molecular formula is C30H32FN7O3. The van der Waals surface area contributed by atoms with Gasteiger partial charge in [-0.25, -0.2) is 9.37 Å². The van der Waals surface area contributed by atoms with Crippen molar-refractivity contribution in [3.05, 3.63) is 65.9 Å². The fourth-order valence-corrected chi connectivity index (χ4v) is 5.69.